The summed E-state index contributed by atoms with van der Waals surface area (Å²) in [6.45, 7) is 6.99. The molecule has 0 fully saturated rings. The molecule has 3 N–H and O–H groups in total. The molecule has 5 heteroatoms. The first-order valence-corrected chi connectivity index (χ1v) is 6.15. The topological polar surface area (TPSA) is 70.1 Å². The van der Waals surface area contributed by atoms with Gasteiger partial charge in [-0.3, -0.25) is 0 Å². The average Bonchev–Trinajstić information content (AvgIpc) is 2.37. The largest absolute Gasteiger partial charge is 0.394 e. The monoisotopic (exact) mass is 238 g/mol. The van der Waals surface area contributed by atoms with Crippen molar-refractivity contribution in [3.05, 3.63) is 12.3 Å². The molecule has 1 heterocycles. The number of nitrogens with zero attached hydrogens (tertiary/aromatic N) is 2. The third-order valence-corrected chi connectivity index (χ3v) is 3.04. The summed E-state index contributed by atoms with van der Waals surface area (Å²) in [7, 11) is 0. The maximum atomic E-state index is 9.49. The molecule has 0 aliphatic carbocycles. The van der Waals surface area contributed by atoms with Crippen molar-refractivity contribution in [2.24, 2.45) is 0 Å². The average molecular weight is 238 g/mol. The third-order valence-electron chi connectivity index (χ3n) is 3.04. The summed E-state index contributed by atoms with van der Waals surface area (Å²) in [5, 5.41) is 15.9. The van der Waals surface area contributed by atoms with Gasteiger partial charge in [0.25, 0.3) is 0 Å². The highest BCUT2D eigenvalue weighted by Crippen LogP contribution is 2.20. The number of aliphatic hydroxyl groups excluding tert-OH is 1. The minimum atomic E-state index is -0.294. The fraction of sp³-hybridized carbons (Fsp3) is 0.667. The molecule has 1 aromatic rings. The Kier molecular flexibility index (Phi) is 5.15. The van der Waals surface area contributed by atoms with E-state index in [0.29, 0.717) is 5.95 Å². The van der Waals surface area contributed by atoms with Crippen LogP contribution >= 0.6 is 0 Å². The van der Waals surface area contributed by atoms with Crippen molar-refractivity contribution >= 4 is 11.8 Å². The molecule has 1 aromatic heterocycles. The Bertz CT molecular complexity index is 331. The first kappa shape index (κ1) is 13.7. The zero-order chi connectivity index (χ0) is 12.7. The van der Waals surface area contributed by atoms with E-state index in [9.17, 15) is 5.11 Å². The molecule has 0 aliphatic rings. The van der Waals surface area contributed by atoms with Gasteiger partial charge in [0.15, 0.2) is 0 Å². The van der Waals surface area contributed by atoms with Gasteiger partial charge in [-0.15, -0.1) is 0 Å². The smallest absolute Gasteiger partial charge is 0.224 e. The van der Waals surface area contributed by atoms with Gasteiger partial charge >= 0.3 is 0 Å². The molecule has 0 spiro atoms. The zero-order valence-corrected chi connectivity index (χ0v) is 10.8. The summed E-state index contributed by atoms with van der Waals surface area (Å²) in [5.41, 5.74) is -0.294. The molecule has 0 aromatic carbocycles. The van der Waals surface area contributed by atoms with E-state index in [1.54, 1.807) is 6.20 Å². The third kappa shape index (κ3) is 3.56. The first-order chi connectivity index (χ1) is 8.19. The number of aromatic nitrogens is 2. The first-order valence-electron chi connectivity index (χ1n) is 6.15. The molecule has 0 saturated heterocycles. The standard InChI is InChI=1S/C12H22N4O/c1-4-12(5-2,9-17)16-10-7-8-14-11(15-10)13-6-3/h7-8,17H,4-6,9H2,1-3H3,(H2,13,14,15,16). The van der Waals surface area contributed by atoms with Crippen molar-refractivity contribution < 1.29 is 5.11 Å². The number of nitrogens with one attached hydrogen (secondary N) is 2. The van der Waals surface area contributed by atoms with Crippen LogP contribution in [-0.4, -0.2) is 33.8 Å². The summed E-state index contributed by atoms with van der Waals surface area (Å²) in [6, 6.07) is 1.82. The van der Waals surface area contributed by atoms with Gasteiger partial charge in [0.2, 0.25) is 5.95 Å². The molecule has 0 bridgehead atoms. The molecule has 5 nitrogen and oxygen atoms in total. The van der Waals surface area contributed by atoms with E-state index in [0.717, 1.165) is 25.2 Å². The van der Waals surface area contributed by atoms with E-state index in [1.807, 2.05) is 13.0 Å². The van der Waals surface area contributed by atoms with Crippen LogP contribution in [0.25, 0.3) is 0 Å². The van der Waals surface area contributed by atoms with Crippen molar-refractivity contribution in [2.75, 3.05) is 23.8 Å². The van der Waals surface area contributed by atoms with Crippen LogP contribution in [-0.2, 0) is 0 Å². The van der Waals surface area contributed by atoms with Crippen molar-refractivity contribution in [3.63, 3.8) is 0 Å². The van der Waals surface area contributed by atoms with E-state index in [2.05, 4.69) is 34.4 Å². The van der Waals surface area contributed by atoms with Crippen molar-refractivity contribution in [1.82, 2.24) is 9.97 Å². The second-order valence-electron chi connectivity index (χ2n) is 4.07. The van der Waals surface area contributed by atoms with Crippen LogP contribution < -0.4 is 10.6 Å². The number of hydrogen-bond donors (Lipinski definition) is 3. The van der Waals surface area contributed by atoms with E-state index in [4.69, 9.17) is 0 Å². The Morgan fingerprint density at radius 1 is 1.29 bits per heavy atom. The fourth-order valence-electron chi connectivity index (χ4n) is 1.63. The molecule has 0 atom stereocenters. The lowest BCUT2D eigenvalue weighted by Crippen LogP contribution is -2.41. The lowest BCUT2D eigenvalue weighted by molar-refractivity contribution is 0.202. The summed E-state index contributed by atoms with van der Waals surface area (Å²) in [5.74, 6) is 1.35. The summed E-state index contributed by atoms with van der Waals surface area (Å²) in [4.78, 5) is 8.46. The van der Waals surface area contributed by atoms with Crippen LogP contribution in [0.5, 0.6) is 0 Å². The Morgan fingerprint density at radius 3 is 2.53 bits per heavy atom. The minimum Gasteiger partial charge on any atom is -0.394 e. The molecule has 17 heavy (non-hydrogen) atoms. The van der Waals surface area contributed by atoms with E-state index < -0.39 is 0 Å². The molecule has 0 aliphatic heterocycles. The maximum Gasteiger partial charge on any atom is 0.224 e. The molecule has 0 unspecified atom stereocenters. The summed E-state index contributed by atoms with van der Waals surface area (Å²) >= 11 is 0. The van der Waals surface area contributed by atoms with Crippen molar-refractivity contribution in [1.29, 1.82) is 0 Å². The normalized spacial score (nSPS) is 11.3. The van der Waals surface area contributed by atoms with Gasteiger partial charge < -0.3 is 15.7 Å². The number of hydrogen-bond acceptors (Lipinski definition) is 5. The van der Waals surface area contributed by atoms with Gasteiger partial charge in [0, 0.05) is 12.7 Å². The molecule has 1 rings (SSSR count). The van der Waals surface area contributed by atoms with Crippen LogP contribution in [0, 0.1) is 0 Å². The summed E-state index contributed by atoms with van der Waals surface area (Å²) < 4.78 is 0. The van der Waals surface area contributed by atoms with Crippen LogP contribution in [0.15, 0.2) is 12.3 Å². The van der Waals surface area contributed by atoms with Crippen LogP contribution in [0.1, 0.15) is 33.6 Å². The van der Waals surface area contributed by atoms with Gasteiger partial charge in [0.1, 0.15) is 5.82 Å². The fourth-order valence-corrected chi connectivity index (χ4v) is 1.63. The van der Waals surface area contributed by atoms with Crippen LogP contribution in [0.4, 0.5) is 11.8 Å². The van der Waals surface area contributed by atoms with Gasteiger partial charge in [-0.05, 0) is 25.8 Å². The number of anilines is 2. The van der Waals surface area contributed by atoms with Crippen molar-refractivity contribution in [2.45, 2.75) is 39.2 Å². The Labute approximate surface area is 103 Å². The lowest BCUT2D eigenvalue weighted by atomic mass is 9.94. The van der Waals surface area contributed by atoms with E-state index in [-0.39, 0.29) is 12.1 Å². The molecule has 0 radical (unpaired) electrons. The Morgan fingerprint density at radius 2 is 2.00 bits per heavy atom. The zero-order valence-electron chi connectivity index (χ0n) is 10.8. The Hall–Kier alpha value is -1.36. The Balaban J connectivity index is 2.82. The second-order valence-corrected chi connectivity index (χ2v) is 4.07. The quantitative estimate of drug-likeness (QED) is 0.676. The highest BCUT2D eigenvalue weighted by Gasteiger charge is 2.25. The molecular formula is C12H22N4O. The van der Waals surface area contributed by atoms with Gasteiger partial charge in [0.05, 0.1) is 12.1 Å². The van der Waals surface area contributed by atoms with Gasteiger partial charge in [-0.1, -0.05) is 13.8 Å². The van der Waals surface area contributed by atoms with E-state index >= 15 is 0 Å². The number of aliphatic hydroxyl groups is 1. The summed E-state index contributed by atoms with van der Waals surface area (Å²) in [6.07, 6.45) is 3.40. The lowest BCUT2D eigenvalue weighted by Gasteiger charge is -2.31. The predicted octanol–water partition coefficient (Wildman–Crippen LogP) is 1.87. The number of rotatable bonds is 7. The van der Waals surface area contributed by atoms with E-state index in [1.165, 1.54) is 0 Å². The maximum absolute atomic E-state index is 9.49. The molecule has 0 amide bonds. The predicted molar refractivity (Wildman–Crippen MR) is 70.2 cm³/mol. The van der Waals surface area contributed by atoms with Crippen molar-refractivity contribution in [3.8, 4) is 0 Å². The van der Waals surface area contributed by atoms with Crippen LogP contribution in [0.2, 0.25) is 0 Å². The van der Waals surface area contributed by atoms with Gasteiger partial charge in [-0.2, -0.15) is 4.98 Å². The molecular weight excluding hydrogens is 216 g/mol. The van der Waals surface area contributed by atoms with Gasteiger partial charge in [-0.25, -0.2) is 4.98 Å². The highest BCUT2D eigenvalue weighted by molar-refractivity contribution is 5.41. The highest BCUT2D eigenvalue weighted by atomic mass is 16.3. The molecule has 96 valence electrons. The minimum absolute atomic E-state index is 0.0978. The van der Waals surface area contributed by atoms with Crippen LogP contribution in [0.3, 0.4) is 0 Å². The molecule has 0 saturated carbocycles. The second kappa shape index (κ2) is 6.39. The SMILES string of the molecule is CCNc1nccc(NC(CC)(CC)CO)n1.